The van der Waals surface area contributed by atoms with Crippen LogP contribution in [0, 0.1) is 11.8 Å². The number of carbonyl (C=O) groups is 2. The van der Waals surface area contributed by atoms with Crippen molar-refractivity contribution >= 4 is 11.8 Å². The fraction of sp³-hybridized carbons (Fsp3) is 0.579. The number of benzene rings is 1. The summed E-state index contributed by atoms with van der Waals surface area (Å²) in [6.45, 7) is 5.85. The Morgan fingerprint density at radius 3 is 2.62 bits per heavy atom. The van der Waals surface area contributed by atoms with Crippen LogP contribution in [0.2, 0.25) is 0 Å². The molecule has 1 aliphatic rings. The zero-order valence-corrected chi connectivity index (χ0v) is 14.8. The van der Waals surface area contributed by atoms with Crippen molar-refractivity contribution in [1.82, 2.24) is 10.2 Å². The second kappa shape index (κ2) is 8.83. The van der Waals surface area contributed by atoms with E-state index in [4.69, 9.17) is 4.74 Å². The number of nitrogens with one attached hydrogen (secondary N) is 1. The fourth-order valence-corrected chi connectivity index (χ4v) is 3.08. The predicted octanol–water partition coefficient (Wildman–Crippen LogP) is 2.33. The van der Waals surface area contributed by atoms with E-state index >= 15 is 0 Å². The van der Waals surface area contributed by atoms with Crippen LogP contribution < -0.4 is 5.32 Å². The molecule has 2 rings (SSSR count). The summed E-state index contributed by atoms with van der Waals surface area (Å²) in [7, 11) is 1.66. The zero-order chi connectivity index (χ0) is 17.5. The lowest BCUT2D eigenvalue weighted by Gasteiger charge is -2.32. The molecule has 0 aliphatic carbocycles. The van der Waals surface area contributed by atoms with Crippen LogP contribution in [-0.2, 0) is 9.53 Å². The van der Waals surface area contributed by atoms with Crippen LogP contribution in [0.25, 0.3) is 0 Å². The van der Waals surface area contributed by atoms with E-state index in [1.807, 2.05) is 30.3 Å². The van der Waals surface area contributed by atoms with Crippen molar-refractivity contribution < 1.29 is 14.3 Å². The molecule has 24 heavy (non-hydrogen) atoms. The monoisotopic (exact) mass is 332 g/mol. The molecule has 132 valence electrons. The van der Waals surface area contributed by atoms with Crippen LogP contribution in [0.1, 0.15) is 37.0 Å². The molecule has 1 aromatic carbocycles. The standard InChI is InChI=1S/C19H28N2O3/c1-14(2)17(24-3)12-20-18(22)16-10-7-11-21(13-16)19(23)15-8-5-4-6-9-15/h4-6,8-9,14,16-17H,7,10-13H2,1-3H3,(H,20,22). The number of methoxy groups -OCH3 is 1. The molecule has 0 bridgehead atoms. The van der Waals surface area contributed by atoms with Gasteiger partial charge in [0.05, 0.1) is 12.0 Å². The molecule has 1 fully saturated rings. The summed E-state index contributed by atoms with van der Waals surface area (Å²) < 4.78 is 5.39. The Morgan fingerprint density at radius 2 is 2.00 bits per heavy atom. The lowest BCUT2D eigenvalue weighted by Crippen LogP contribution is -2.47. The van der Waals surface area contributed by atoms with E-state index < -0.39 is 0 Å². The molecule has 5 heteroatoms. The first kappa shape index (κ1) is 18.5. The molecule has 5 nitrogen and oxygen atoms in total. The highest BCUT2D eigenvalue weighted by atomic mass is 16.5. The van der Waals surface area contributed by atoms with Crippen LogP contribution >= 0.6 is 0 Å². The van der Waals surface area contributed by atoms with Crippen LogP contribution in [-0.4, -0.2) is 49.6 Å². The topological polar surface area (TPSA) is 58.6 Å². The first-order valence-corrected chi connectivity index (χ1v) is 8.67. The quantitative estimate of drug-likeness (QED) is 0.870. The maximum absolute atomic E-state index is 12.5. The predicted molar refractivity (Wildman–Crippen MR) is 93.7 cm³/mol. The molecule has 0 aromatic heterocycles. The Labute approximate surface area is 144 Å². The molecule has 2 amide bonds. The normalized spacial score (nSPS) is 19.2. The molecule has 1 heterocycles. The van der Waals surface area contributed by atoms with Crippen molar-refractivity contribution in [3.8, 4) is 0 Å². The Morgan fingerprint density at radius 1 is 1.29 bits per heavy atom. The van der Waals surface area contributed by atoms with Gasteiger partial charge in [-0.2, -0.15) is 0 Å². The van der Waals surface area contributed by atoms with E-state index in [1.54, 1.807) is 12.0 Å². The van der Waals surface area contributed by atoms with Gasteiger partial charge in [-0.25, -0.2) is 0 Å². The third kappa shape index (κ3) is 4.81. The number of nitrogens with zero attached hydrogens (tertiary/aromatic N) is 1. The first-order valence-electron chi connectivity index (χ1n) is 8.67. The molecular formula is C19H28N2O3. The number of carbonyl (C=O) groups excluding carboxylic acids is 2. The van der Waals surface area contributed by atoms with E-state index in [1.165, 1.54) is 0 Å². The lowest BCUT2D eigenvalue weighted by molar-refractivity contribution is -0.127. The highest BCUT2D eigenvalue weighted by Gasteiger charge is 2.29. The highest BCUT2D eigenvalue weighted by molar-refractivity contribution is 5.94. The molecule has 0 saturated carbocycles. The average molecular weight is 332 g/mol. The summed E-state index contributed by atoms with van der Waals surface area (Å²) in [6, 6.07) is 9.25. The van der Waals surface area contributed by atoms with Gasteiger partial charge in [-0.15, -0.1) is 0 Å². The van der Waals surface area contributed by atoms with Gasteiger partial charge in [-0.3, -0.25) is 9.59 Å². The number of hydrogen-bond donors (Lipinski definition) is 1. The van der Waals surface area contributed by atoms with E-state index in [0.717, 1.165) is 12.8 Å². The number of ether oxygens (including phenoxy) is 1. The SMILES string of the molecule is COC(CNC(=O)C1CCCN(C(=O)c2ccccc2)C1)C(C)C. The Hall–Kier alpha value is -1.88. The summed E-state index contributed by atoms with van der Waals surface area (Å²) in [5, 5.41) is 2.98. The average Bonchev–Trinajstić information content (AvgIpc) is 2.62. The maximum Gasteiger partial charge on any atom is 0.253 e. The third-order valence-electron chi connectivity index (χ3n) is 4.62. The van der Waals surface area contributed by atoms with Crippen molar-refractivity contribution in [2.75, 3.05) is 26.7 Å². The Balaban J connectivity index is 1.90. The van der Waals surface area contributed by atoms with Gasteiger partial charge in [-0.1, -0.05) is 32.0 Å². The van der Waals surface area contributed by atoms with Gasteiger partial charge < -0.3 is 15.0 Å². The van der Waals surface area contributed by atoms with Gasteiger partial charge in [0, 0.05) is 32.3 Å². The van der Waals surface area contributed by atoms with Crippen molar-refractivity contribution in [3.63, 3.8) is 0 Å². The van der Waals surface area contributed by atoms with E-state index in [0.29, 0.717) is 31.1 Å². The van der Waals surface area contributed by atoms with Crippen molar-refractivity contribution in [1.29, 1.82) is 0 Å². The van der Waals surface area contributed by atoms with Crippen LogP contribution in [0.3, 0.4) is 0 Å². The number of amides is 2. The maximum atomic E-state index is 12.5. The number of likely N-dealkylation sites (tertiary alicyclic amines) is 1. The van der Waals surface area contributed by atoms with Crippen LogP contribution in [0.4, 0.5) is 0 Å². The Bertz CT molecular complexity index is 545. The number of hydrogen-bond acceptors (Lipinski definition) is 3. The van der Waals surface area contributed by atoms with E-state index in [2.05, 4.69) is 19.2 Å². The van der Waals surface area contributed by atoms with Gasteiger partial charge in [0.1, 0.15) is 0 Å². The molecule has 1 saturated heterocycles. The second-order valence-electron chi connectivity index (χ2n) is 6.72. The van der Waals surface area contributed by atoms with E-state index in [-0.39, 0.29) is 23.8 Å². The minimum atomic E-state index is -0.143. The Kier molecular flexibility index (Phi) is 6.79. The lowest BCUT2D eigenvalue weighted by atomic mass is 9.96. The zero-order valence-electron chi connectivity index (χ0n) is 14.8. The smallest absolute Gasteiger partial charge is 0.253 e. The van der Waals surface area contributed by atoms with Crippen LogP contribution in [0.5, 0.6) is 0 Å². The van der Waals surface area contributed by atoms with Gasteiger partial charge in [0.2, 0.25) is 5.91 Å². The van der Waals surface area contributed by atoms with Gasteiger partial charge in [0.25, 0.3) is 5.91 Å². The fourth-order valence-electron chi connectivity index (χ4n) is 3.08. The van der Waals surface area contributed by atoms with E-state index in [9.17, 15) is 9.59 Å². The summed E-state index contributed by atoms with van der Waals surface area (Å²) in [4.78, 5) is 26.8. The molecule has 1 aliphatic heterocycles. The van der Waals surface area contributed by atoms with Crippen molar-refractivity contribution in [3.05, 3.63) is 35.9 Å². The molecule has 2 atom stereocenters. The van der Waals surface area contributed by atoms with Crippen molar-refractivity contribution in [2.45, 2.75) is 32.8 Å². The summed E-state index contributed by atoms with van der Waals surface area (Å²) in [5.41, 5.74) is 0.679. The minimum Gasteiger partial charge on any atom is -0.379 e. The van der Waals surface area contributed by atoms with Gasteiger partial charge >= 0.3 is 0 Å². The number of piperidine rings is 1. The first-order chi connectivity index (χ1) is 11.5. The molecular weight excluding hydrogens is 304 g/mol. The molecule has 0 spiro atoms. The third-order valence-corrected chi connectivity index (χ3v) is 4.62. The van der Waals surface area contributed by atoms with Crippen LogP contribution in [0.15, 0.2) is 30.3 Å². The summed E-state index contributed by atoms with van der Waals surface area (Å²) in [5.74, 6) is 0.224. The molecule has 1 aromatic rings. The minimum absolute atomic E-state index is 0.00467. The number of rotatable bonds is 6. The van der Waals surface area contributed by atoms with Gasteiger partial charge in [-0.05, 0) is 30.9 Å². The van der Waals surface area contributed by atoms with Gasteiger partial charge in [0.15, 0.2) is 0 Å². The highest BCUT2D eigenvalue weighted by Crippen LogP contribution is 2.19. The summed E-state index contributed by atoms with van der Waals surface area (Å²) in [6.07, 6.45) is 1.69. The molecule has 2 unspecified atom stereocenters. The molecule has 0 radical (unpaired) electrons. The molecule has 1 N–H and O–H groups in total. The largest absolute Gasteiger partial charge is 0.379 e. The summed E-state index contributed by atoms with van der Waals surface area (Å²) >= 11 is 0. The second-order valence-corrected chi connectivity index (χ2v) is 6.72. The van der Waals surface area contributed by atoms with Crippen molar-refractivity contribution in [2.24, 2.45) is 11.8 Å².